The number of nitriles is 1. The van der Waals surface area contributed by atoms with Crippen molar-refractivity contribution in [3.63, 3.8) is 0 Å². The quantitative estimate of drug-likeness (QED) is 0.865. The van der Waals surface area contributed by atoms with Gasteiger partial charge in [-0.25, -0.2) is 0 Å². The van der Waals surface area contributed by atoms with Gasteiger partial charge in [-0.1, -0.05) is 25.5 Å². The minimum absolute atomic E-state index is 0.494. The van der Waals surface area contributed by atoms with Crippen molar-refractivity contribution in [3.05, 3.63) is 35.4 Å². The third kappa shape index (κ3) is 4.06. The zero-order valence-electron chi connectivity index (χ0n) is 12.2. The zero-order valence-corrected chi connectivity index (χ0v) is 12.2. The standard InChI is InChI=1S/C17H24N2O/c1-2-13-5-9-16(10-6-13)19-12-17(20)15-7-3-14(11-18)4-8-15/h3-4,7-8,13,16-17,19-20H,2,5-6,9-10,12H2,1H3. The summed E-state index contributed by atoms with van der Waals surface area (Å²) in [6.07, 6.45) is 5.85. The van der Waals surface area contributed by atoms with Crippen LogP contribution in [0.15, 0.2) is 24.3 Å². The van der Waals surface area contributed by atoms with Gasteiger partial charge in [0.15, 0.2) is 0 Å². The molecule has 1 fully saturated rings. The summed E-state index contributed by atoms with van der Waals surface area (Å²) in [4.78, 5) is 0. The van der Waals surface area contributed by atoms with Crippen molar-refractivity contribution in [2.75, 3.05) is 6.54 Å². The van der Waals surface area contributed by atoms with Gasteiger partial charge in [-0.2, -0.15) is 5.26 Å². The molecule has 3 nitrogen and oxygen atoms in total. The van der Waals surface area contributed by atoms with Crippen LogP contribution in [0.4, 0.5) is 0 Å². The highest BCUT2D eigenvalue weighted by molar-refractivity contribution is 5.32. The molecule has 1 atom stereocenters. The Kier molecular flexibility index (Phi) is 5.58. The number of benzene rings is 1. The van der Waals surface area contributed by atoms with Crippen molar-refractivity contribution in [2.24, 2.45) is 5.92 Å². The Morgan fingerprint density at radius 1 is 1.25 bits per heavy atom. The van der Waals surface area contributed by atoms with Crippen LogP contribution in [0.3, 0.4) is 0 Å². The Labute approximate surface area is 121 Å². The number of nitrogens with zero attached hydrogens (tertiary/aromatic N) is 1. The monoisotopic (exact) mass is 272 g/mol. The molecule has 0 spiro atoms. The average Bonchev–Trinajstić information content (AvgIpc) is 2.53. The van der Waals surface area contributed by atoms with Crippen LogP contribution in [0.25, 0.3) is 0 Å². The number of nitrogens with one attached hydrogen (secondary N) is 1. The Bertz CT molecular complexity index is 441. The lowest BCUT2D eigenvalue weighted by Gasteiger charge is -2.29. The van der Waals surface area contributed by atoms with E-state index in [9.17, 15) is 5.11 Å². The summed E-state index contributed by atoms with van der Waals surface area (Å²) in [5.74, 6) is 0.900. The fraction of sp³-hybridized carbons (Fsp3) is 0.588. The first-order chi connectivity index (χ1) is 9.72. The maximum Gasteiger partial charge on any atom is 0.0991 e. The molecule has 20 heavy (non-hydrogen) atoms. The maximum absolute atomic E-state index is 10.2. The third-order valence-electron chi connectivity index (χ3n) is 4.45. The van der Waals surface area contributed by atoms with E-state index < -0.39 is 6.10 Å². The second kappa shape index (κ2) is 7.42. The van der Waals surface area contributed by atoms with Crippen LogP contribution in [0.1, 0.15) is 56.3 Å². The van der Waals surface area contributed by atoms with E-state index in [1.165, 1.54) is 32.1 Å². The Morgan fingerprint density at radius 3 is 2.45 bits per heavy atom. The minimum Gasteiger partial charge on any atom is -0.387 e. The number of rotatable bonds is 5. The lowest BCUT2D eigenvalue weighted by molar-refractivity contribution is 0.162. The van der Waals surface area contributed by atoms with E-state index in [1.54, 1.807) is 12.1 Å². The average molecular weight is 272 g/mol. The summed E-state index contributed by atoms with van der Waals surface area (Å²) in [6, 6.07) is 9.81. The molecule has 0 amide bonds. The van der Waals surface area contributed by atoms with Gasteiger partial charge in [0.25, 0.3) is 0 Å². The van der Waals surface area contributed by atoms with Gasteiger partial charge in [0, 0.05) is 12.6 Å². The molecule has 1 aromatic rings. The molecular formula is C17H24N2O. The smallest absolute Gasteiger partial charge is 0.0991 e. The molecule has 1 aliphatic rings. The van der Waals surface area contributed by atoms with Gasteiger partial charge in [-0.05, 0) is 49.3 Å². The van der Waals surface area contributed by atoms with Crippen LogP contribution < -0.4 is 5.32 Å². The third-order valence-corrected chi connectivity index (χ3v) is 4.45. The zero-order chi connectivity index (χ0) is 14.4. The molecule has 0 bridgehead atoms. The summed E-state index contributed by atoms with van der Waals surface area (Å²) in [5.41, 5.74) is 1.51. The number of hydrogen-bond acceptors (Lipinski definition) is 3. The van der Waals surface area contributed by atoms with E-state index in [0.717, 1.165) is 11.5 Å². The first kappa shape index (κ1) is 15.0. The van der Waals surface area contributed by atoms with Crippen molar-refractivity contribution in [2.45, 2.75) is 51.2 Å². The van der Waals surface area contributed by atoms with Crippen molar-refractivity contribution in [1.82, 2.24) is 5.32 Å². The van der Waals surface area contributed by atoms with Gasteiger partial charge < -0.3 is 10.4 Å². The van der Waals surface area contributed by atoms with Crippen molar-refractivity contribution >= 4 is 0 Å². The first-order valence-electron chi connectivity index (χ1n) is 7.64. The predicted octanol–water partition coefficient (Wildman–Crippen LogP) is 3.15. The lowest BCUT2D eigenvalue weighted by Crippen LogP contribution is -2.35. The molecule has 0 radical (unpaired) electrons. The molecule has 0 saturated heterocycles. The van der Waals surface area contributed by atoms with E-state index in [-0.39, 0.29) is 0 Å². The van der Waals surface area contributed by atoms with Gasteiger partial charge in [-0.3, -0.25) is 0 Å². The number of aliphatic hydroxyl groups excluding tert-OH is 1. The topological polar surface area (TPSA) is 56.0 Å². The second-order valence-corrected chi connectivity index (χ2v) is 5.78. The Balaban J connectivity index is 1.77. The lowest BCUT2D eigenvalue weighted by atomic mass is 9.84. The maximum atomic E-state index is 10.2. The number of hydrogen-bond donors (Lipinski definition) is 2. The largest absolute Gasteiger partial charge is 0.387 e. The molecular weight excluding hydrogens is 248 g/mol. The van der Waals surface area contributed by atoms with E-state index in [0.29, 0.717) is 18.2 Å². The van der Waals surface area contributed by atoms with Crippen molar-refractivity contribution in [3.8, 4) is 6.07 Å². The fourth-order valence-corrected chi connectivity index (χ4v) is 2.95. The minimum atomic E-state index is -0.494. The van der Waals surface area contributed by atoms with Gasteiger partial charge >= 0.3 is 0 Å². The molecule has 1 aromatic carbocycles. The molecule has 0 heterocycles. The fourth-order valence-electron chi connectivity index (χ4n) is 2.95. The van der Waals surface area contributed by atoms with E-state index >= 15 is 0 Å². The van der Waals surface area contributed by atoms with Gasteiger partial charge in [0.1, 0.15) is 0 Å². The van der Waals surface area contributed by atoms with Crippen LogP contribution in [-0.2, 0) is 0 Å². The highest BCUT2D eigenvalue weighted by Crippen LogP contribution is 2.26. The molecule has 1 unspecified atom stereocenters. The summed E-state index contributed by atoms with van der Waals surface area (Å²) in [7, 11) is 0. The predicted molar refractivity (Wildman–Crippen MR) is 80.2 cm³/mol. The SMILES string of the molecule is CCC1CCC(NCC(O)c2ccc(C#N)cc2)CC1. The molecule has 2 rings (SSSR count). The van der Waals surface area contributed by atoms with Crippen molar-refractivity contribution < 1.29 is 5.11 Å². The van der Waals surface area contributed by atoms with Crippen LogP contribution in [0.5, 0.6) is 0 Å². The summed E-state index contributed by atoms with van der Waals surface area (Å²) >= 11 is 0. The van der Waals surface area contributed by atoms with Crippen LogP contribution in [0, 0.1) is 17.2 Å². The van der Waals surface area contributed by atoms with Gasteiger partial charge in [-0.15, -0.1) is 0 Å². The number of aliphatic hydroxyl groups is 1. The van der Waals surface area contributed by atoms with E-state index in [4.69, 9.17) is 5.26 Å². The van der Waals surface area contributed by atoms with Crippen LogP contribution in [-0.4, -0.2) is 17.7 Å². The van der Waals surface area contributed by atoms with Gasteiger partial charge in [0.05, 0.1) is 17.7 Å². The molecule has 2 N–H and O–H groups in total. The Hall–Kier alpha value is -1.37. The second-order valence-electron chi connectivity index (χ2n) is 5.78. The Morgan fingerprint density at radius 2 is 1.90 bits per heavy atom. The first-order valence-corrected chi connectivity index (χ1v) is 7.64. The highest BCUT2D eigenvalue weighted by Gasteiger charge is 2.20. The van der Waals surface area contributed by atoms with Crippen molar-refractivity contribution in [1.29, 1.82) is 5.26 Å². The summed E-state index contributed by atoms with van der Waals surface area (Å²) < 4.78 is 0. The van der Waals surface area contributed by atoms with E-state index in [1.807, 2.05) is 12.1 Å². The summed E-state index contributed by atoms with van der Waals surface area (Å²) in [6.45, 7) is 2.86. The van der Waals surface area contributed by atoms with Crippen LogP contribution in [0.2, 0.25) is 0 Å². The van der Waals surface area contributed by atoms with Crippen LogP contribution >= 0.6 is 0 Å². The molecule has 0 aliphatic heterocycles. The normalized spacial score (nSPS) is 24.1. The van der Waals surface area contributed by atoms with Gasteiger partial charge in [0.2, 0.25) is 0 Å². The summed E-state index contributed by atoms with van der Waals surface area (Å²) in [5, 5.41) is 22.4. The van der Waals surface area contributed by atoms with E-state index in [2.05, 4.69) is 18.3 Å². The molecule has 3 heteroatoms. The highest BCUT2D eigenvalue weighted by atomic mass is 16.3. The molecule has 108 valence electrons. The molecule has 0 aromatic heterocycles. The molecule has 1 saturated carbocycles. The molecule has 1 aliphatic carbocycles.